The van der Waals surface area contributed by atoms with Crippen molar-refractivity contribution in [2.45, 2.75) is 20.8 Å². The van der Waals surface area contributed by atoms with E-state index in [1.807, 2.05) is 12.1 Å². The summed E-state index contributed by atoms with van der Waals surface area (Å²) in [5.41, 5.74) is 1.26. The van der Waals surface area contributed by atoms with Gasteiger partial charge in [0.25, 0.3) is 0 Å². The molecule has 0 N–H and O–H groups in total. The Morgan fingerprint density at radius 2 is 1.77 bits per heavy atom. The Labute approximate surface area is 90.4 Å². The van der Waals surface area contributed by atoms with Gasteiger partial charge in [-0.1, -0.05) is 0 Å². The summed E-state index contributed by atoms with van der Waals surface area (Å²) in [5.74, 6) is 0. The molecule has 72 valence electrons. The van der Waals surface area contributed by atoms with Crippen molar-refractivity contribution in [2.24, 2.45) is 0 Å². The molecule has 1 aromatic rings. The summed E-state index contributed by atoms with van der Waals surface area (Å²) < 4.78 is 21.8. The molecule has 1 atom stereocenters. The molecule has 0 radical (unpaired) electrons. The average Bonchev–Trinajstić information content (AvgIpc) is 2.17. The summed E-state index contributed by atoms with van der Waals surface area (Å²) in [7, 11) is -2.42. The van der Waals surface area contributed by atoms with Gasteiger partial charge in [-0.05, 0) is 0 Å². The van der Waals surface area contributed by atoms with E-state index in [2.05, 4.69) is 11.9 Å². The molecule has 0 saturated heterocycles. The molecule has 0 amide bonds. The number of rotatable bonds is 3. The molecule has 0 bridgehead atoms. The molecule has 0 saturated carbocycles. The summed E-state index contributed by atoms with van der Waals surface area (Å²) in [6.07, 6.45) is 0. The third kappa shape index (κ3) is 2.98. The summed E-state index contributed by atoms with van der Waals surface area (Å²) >= 11 is 0.0288. The van der Waals surface area contributed by atoms with Crippen molar-refractivity contribution in [3.05, 3.63) is 29.8 Å². The molecule has 1 rings (SSSR count). The van der Waals surface area contributed by atoms with E-state index in [1.54, 1.807) is 12.1 Å². The van der Waals surface area contributed by atoms with Crippen LogP contribution in [0.15, 0.2) is 29.2 Å². The van der Waals surface area contributed by atoms with Crippen LogP contribution in [0.1, 0.15) is 16.5 Å². The van der Waals surface area contributed by atoms with Gasteiger partial charge in [-0.3, -0.25) is 0 Å². The molecular weight excluding hydrogens is 300 g/mol. The quantitative estimate of drug-likeness (QED) is 0.677. The minimum absolute atomic E-state index is 0.0288. The molecule has 0 aromatic heterocycles. The molecule has 0 aliphatic carbocycles. The van der Waals surface area contributed by atoms with Crippen molar-refractivity contribution in [1.82, 2.24) is 0 Å². The molecule has 2 nitrogen and oxygen atoms in total. The average molecular weight is 312 g/mol. The second-order valence-electron chi connectivity index (χ2n) is 2.73. The van der Waals surface area contributed by atoms with Crippen molar-refractivity contribution < 1.29 is 8.42 Å². The van der Waals surface area contributed by atoms with Gasteiger partial charge in [-0.2, -0.15) is 0 Å². The predicted octanol–water partition coefficient (Wildman–Crippen LogP) is 1.47. The molecule has 0 aliphatic rings. The van der Waals surface area contributed by atoms with E-state index in [9.17, 15) is 8.42 Å². The fraction of sp³-hybridized carbons (Fsp3) is 0.333. The van der Waals surface area contributed by atoms with Crippen LogP contribution >= 0.6 is 0 Å². The molecule has 1 aromatic carbocycles. The van der Waals surface area contributed by atoms with E-state index in [1.165, 1.54) is 5.56 Å². The maximum absolute atomic E-state index is 10.6. The van der Waals surface area contributed by atoms with Crippen molar-refractivity contribution in [3.8, 4) is 0 Å². The van der Waals surface area contributed by atoms with Crippen molar-refractivity contribution in [2.75, 3.05) is 0 Å². The van der Waals surface area contributed by atoms with E-state index in [0.29, 0.717) is 8.86 Å². The van der Waals surface area contributed by atoms with Crippen LogP contribution in [0.4, 0.5) is 0 Å². The summed E-state index contributed by atoms with van der Waals surface area (Å²) in [5, 5.41) is 0. The zero-order valence-electron chi connectivity index (χ0n) is 7.56. The standard InChI is InChI=1S/C9H12O2STe/c1-7(13-2)8-3-5-9(6-4-8)12(10)11/h3-7,12H,1-2H3. The van der Waals surface area contributed by atoms with Gasteiger partial charge in [-0.15, -0.1) is 0 Å². The monoisotopic (exact) mass is 314 g/mol. The van der Waals surface area contributed by atoms with E-state index < -0.39 is 10.7 Å². The zero-order valence-corrected chi connectivity index (χ0v) is 10.8. The van der Waals surface area contributed by atoms with Crippen molar-refractivity contribution in [3.63, 3.8) is 0 Å². The molecule has 0 heterocycles. The van der Waals surface area contributed by atoms with Crippen LogP contribution in [-0.2, 0) is 10.7 Å². The van der Waals surface area contributed by atoms with E-state index >= 15 is 0 Å². The Morgan fingerprint density at radius 1 is 1.23 bits per heavy atom. The number of hydrogen-bond acceptors (Lipinski definition) is 2. The fourth-order valence-corrected chi connectivity index (χ4v) is 2.62. The van der Waals surface area contributed by atoms with Gasteiger partial charge in [-0.25, -0.2) is 0 Å². The molecule has 0 spiro atoms. The number of hydrogen-bond donors (Lipinski definition) is 1. The molecule has 0 fully saturated rings. The first kappa shape index (κ1) is 11.0. The van der Waals surface area contributed by atoms with E-state index in [4.69, 9.17) is 0 Å². The second-order valence-corrected chi connectivity index (χ2v) is 7.12. The molecule has 13 heavy (non-hydrogen) atoms. The van der Waals surface area contributed by atoms with Gasteiger partial charge in [0.2, 0.25) is 0 Å². The Balaban J connectivity index is 2.93. The molecular formula is C9H12O2STe. The first-order chi connectivity index (χ1) is 6.15. The summed E-state index contributed by atoms with van der Waals surface area (Å²) in [4.78, 5) is 2.65. The van der Waals surface area contributed by atoms with Crippen molar-refractivity contribution >= 4 is 31.6 Å². The molecule has 4 heteroatoms. The van der Waals surface area contributed by atoms with Gasteiger partial charge in [0.05, 0.1) is 0 Å². The third-order valence-corrected chi connectivity index (χ3v) is 5.44. The van der Waals surface area contributed by atoms with Gasteiger partial charge < -0.3 is 0 Å². The number of thiol groups is 1. The first-order valence-electron chi connectivity index (χ1n) is 3.92. The van der Waals surface area contributed by atoms with E-state index in [0.717, 1.165) is 0 Å². The van der Waals surface area contributed by atoms with Gasteiger partial charge >= 0.3 is 90.6 Å². The summed E-state index contributed by atoms with van der Waals surface area (Å²) in [6, 6.07) is 7.19. The summed E-state index contributed by atoms with van der Waals surface area (Å²) in [6.45, 7) is 2.19. The first-order valence-corrected chi connectivity index (χ1v) is 8.77. The second kappa shape index (κ2) is 4.99. The molecule has 0 aliphatic heterocycles. The van der Waals surface area contributed by atoms with Crippen LogP contribution in [-0.4, -0.2) is 29.3 Å². The normalized spacial score (nSPS) is 13.2. The SMILES string of the molecule is C[Te]C(C)c1ccc([SH](=O)=O)cc1. The van der Waals surface area contributed by atoms with Crippen molar-refractivity contribution in [1.29, 1.82) is 0 Å². The van der Waals surface area contributed by atoms with Crippen LogP contribution in [0.2, 0.25) is 4.97 Å². The van der Waals surface area contributed by atoms with Gasteiger partial charge in [0.1, 0.15) is 0 Å². The van der Waals surface area contributed by atoms with Crippen LogP contribution in [0.3, 0.4) is 0 Å². The third-order valence-electron chi connectivity index (χ3n) is 1.93. The maximum atomic E-state index is 10.6. The fourth-order valence-electron chi connectivity index (χ4n) is 1.00. The minimum atomic E-state index is -2.42. The Kier molecular flexibility index (Phi) is 4.24. The topological polar surface area (TPSA) is 34.1 Å². The Bertz CT molecular complexity index is 335. The Hall–Kier alpha value is -0.0404. The zero-order chi connectivity index (χ0) is 9.84. The molecule has 1 unspecified atom stereocenters. The Morgan fingerprint density at radius 3 is 2.15 bits per heavy atom. The van der Waals surface area contributed by atoms with Crippen LogP contribution in [0, 0.1) is 0 Å². The number of benzene rings is 1. The van der Waals surface area contributed by atoms with Gasteiger partial charge in [0.15, 0.2) is 0 Å². The van der Waals surface area contributed by atoms with Crippen LogP contribution < -0.4 is 0 Å². The van der Waals surface area contributed by atoms with Crippen LogP contribution in [0.25, 0.3) is 0 Å². The van der Waals surface area contributed by atoms with Gasteiger partial charge in [0, 0.05) is 0 Å². The van der Waals surface area contributed by atoms with Crippen LogP contribution in [0.5, 0.6) is 0 Å². The predicted molar refractivity (Wildman–Crippen MR) is 55.1 cm³/mol. The van der Waals surface area contributed by atoms with E-state index in [-0.39, 0.29) is 20.9 Å².